The number of likely N-dealkylation sites (N-methyl/N-ethyl adjacent to an activating group) is 2. The fraction of sp³-hybridized carbons (Fsp3) is 0.909. The molecular weight excluding hydrogens is 208 g/mol. The molecule has 0 saturated carbocycles. The Morgan fingerprint density at radius 1 is 1.00 bits per heavy atom. The van der Waals surface area contributed by atoms with Crippen LogP contribution in [0.25, 0.3) is 0 Å². The Hall–Kier alpha value is -0.810. The van der Waals surface area contributed by atoms with Crippen molar-refractivity contribution in [3.05, 3.63) is 0 Å². The first-order valence-corrected chi connectivity index (χ1v) is 5.76. The van der Waals surface area contributed by atoms with E-state index >= 15 is 0 Å². The molecule has 0 N–H and O–H groups in total. The minimum atomic E-state index is -0.575. The molecule has 0 atom stereocenters. The summed E-state index contributed by atoms with van der Waals surface area (Å²) in [4.78, 5) is 15.2. The lowest BCUT2D eigenvalue weighted by molar-refractivity contribution is 0.0452. The highest BCUT2D eigenvalue weighted by atomic mass is 16.7. The molecule has 0 fully saturated rings. The van der Waals surface area contributed by atoms with Gasteiger partial charge in [-0.15, -0.1) is 0 Å². The summed E-state index contributed by atoms with van der Waals surface area (Å²) < 4.78 is 9.82. The number of nitrogens with zero attached hydrogens (tertiary/aromatic N) is 2. The maximum Gasteiger partial charge on any atom is 0.508 e. The molecule has 0 saturated heterocycles. The summed E-state index contributed by atoms with van der Waals surface area (Å²) in [6.45, 7) is 8.34. The van der Waals surface area contributed by atoms with Crippen molar-refractivity contribution in [2.75, 3.05) is 53.5 Å². The van der Waals surface area contributed by atoms with Crippen LogP contribution in [0.4, 0.5) is 4.79 Å². The predicted molar refractivity (Wildman–Crippen MR) is 63.6 cm³/mol. The van der Waals surface area contributed by atoms with Crippen LogP contribution >= 0.6 is 0 Å². The maximum atomic E-state index is 11.1. The van der Waals surface area contributed by atoms with Crippen molar-refractivity contribution < 1.29 is 14.3 Å². The van der Waals surface area contributed by atoms with E-state index in [0.29, 0.717) is 19.8 Å². The zero-order valence-electron chi connectivity index (χ0n) is 10.9. The topological polar surface area (TPSA) is 42.0 Å². The van der Waals surface area contributed by atoms with E-state index in [4.69, 9.17) is 9.47 Å². The molecule has 0 amide bonds. The molecule has 0 aliphatic rings. The normalized spacial score (nSPS) is 10.9. The molecule has 0 aromatic heterocycles. The van der Waals surface area contributed by atoms with Crippen molar-refractivity contribution in [2.45, 2.75) is 13.8 Å². The second kappa shape index (κ2) is 9.42. The van der Waals surface area contributed by atoms with Crippen LogP contribution in [0.1, 0.15) is 13.8 Å². The number of hydrogen-bond donors (Lipinski definition) is 0. The molecule has 0 aromatic rings. The van der Waals surface area contributed by atoms with E-state index in [0.717, 1.165) is 19.6 Å². The quantitative estimate of drug-likeness (QED) is 0.585. The van der Waals surface area contributed by atoms with Gasteiger partial charge in [-0.1, -0.05) is 13.8 Å². The Bertz CT molecular complexity index is 182. The van der Waals surface area contributed by atoms with Gasteiger partial charge in [0.15, 0.2) is 0 Å². The molecule has 16 heavy (non-hydrogen) atoms. The third-order valence-corrected chi connectivity index (χ3v) is 2.28. The van der Waals surface area contributed by atoms with Gasteiger partial charge >= 0.3 is 6.16 Å². The first-order chi connectivity index (χ1) is 7.60. The predicted octanol–water partition coefficient (Wildman–Crippen LogP) is 1.04. The number of carbonyl (C=O) groups excluding carboxylic acids is 1. The van der Waals surface area contributed by atoms with E-state index in [2.05, 4.69) is 18.7 Å². The zero-order chi connectivity index (χ0) is 12.4. The summed E-state index contributed by atoms with van der Waals surface area (Å²) in [5.41, 5.74) is 0. The molecular formula is C11H24N2O3. The number of hydrogen-bond acceptors (Lipinski definition) is 5. The van der Waals surface area contributed by atoms with E-state index in [-0.39, 0.29) is 0 Å². The van der Waals surface area contributed by atoms with Gasteiger partial charge in [0.1, 0.15) is 13.2 Å². The summed E-state index contributed by atoms with van der Waals surface area (Å²) in [5, 5.41) is 0. The smallest absolute Gasteiger partial charge is 0.433 e. The lowest BCUT2D eigenvalue weighted by atomic mass is 10.5. The molecule has 0 radical (unpaired) electrons. The van der Waals surface area contributed by atoms with Gasteiger partial charge < -0.3 is 19.3 Å². The summed E-state index contributed by atoms with van der Waals surface area (Å²) in [5.74, 6) is 0. The Morgan fingerprint density at radius 3 is 1.94 bits per heavy atom. The molecule has 0 aromatic carbocycles. The fourth-order valence-electron chi connectivity index (χ4n) is 1.15. The van der Waals surface area contributed by atoms with Crippen molar-refractivity contribution in [1.29, 1.82) is 0 Å². The molecule has 96 valence electrons. The van der Waals surface area contributed by atoms with Crippen LogP contribution in [0.15, 0.2) is 0 Å². The second-order valence-corrected chi connectivity index (χ2v) is 3.78. The van der Waals surface area contributed by atoms with Crippen LogP contribution in [0.2, 0.25) is 0 Å². The van der Waals surface area contributed by atoms with Crippen LogP contribution in [0, 0.1) is 0 Å². The van der Waals surface area contributed by atoms with Crippen LogP contribution in [0.3, 0.4) is 0 Å². The van der Waals surface area contributed by atoms with Crippen molar-refractivity contribution in [3.63, 3.8) is 0 Å². The van der Waals surface area contributed by atoms with Gasteiger partial charge in [0, 0.05) is 13.1 Å². The summed E-state index contributed by atoms with van der Waals surface area (Å²) in [6.07, 6.45) is -0.575. The number of rotatable bonds is 8. The molecule has 0 rings (SSSR count). The van der Waals surface area contributed by atoms with Gasteiger partial charge in [0.25, 0.3) is 0 Å². The van der Waals surface area contributed by atoms with E-state index in [9.17, 15) is 4.79 Å². The monoisotopic (exact) mass is 232 g/mol. The van der Waals surface area contributed by atoms with Gasteiger partial charge in [-0.3, -0.25) is 0 Å². The lowest BCUT2D eigenvalue weighted by Crippen LogP contribution is -2.28. The first kappa shape index (κ1) is 15.2. The molecule has 0 unspecified atom stereocenters. The number of carbonyl (C=O) groups is 1. The van der Waals surface area contributed by atoms with Crippen molar-refractivity contribution in [3.8, 4) is 0 Å². The third-order valence-electron chi connectivity index (χ3n) is 2.28. The lowest BCUT2D eigenvalue weighted by Gasteiger charge is -2.17. The first-order valence-electron chi connectivity index (χ1n) is 5.76. The summed E-state index contributed by atoms with van der Waals surface area (Å²) in [6, 6.07) is 0. The van der Waals surface area contributed by atoms with Gasteiger partial charge in [-0.25, -0.2) is 4.79 Å². The zero-order valence-corrected chi connectivity index (χ0v) is 10.9. The van der Waals surface area contributed by atoms with E-state index in [1.165, 1.54) is 0 Å². The average Bonchev–Trinajstić information content (AvgIpc) is 2.24. The largest absolute Gasteiger partial charge is 0.508 e. The highest BCUT2D eigenvalue weighted by molar-refractivity contribution is 5.59. The highest BCUT2D eigenvalue weighted by Crippen LogP contribution is 1.90. The Kier molecular flexibility index (Phi) is 8.94. The number of ether oxygens (including phenoxy) is 2. The highest BCUT2D eigenvalue weighted by Gasteiger charge is 2.05. The Labute approximate surface area is 98.3 Å². The minimum Gasteiger partial charge on any atom is -0.433 e. The van der Waals surface area contributed by atoms with Gasteiger partial charge in [0.05, 0.1) is 0 Å². The van der Waals surface area contributed by atoms with Crippen LogP contribution in [-0.4, -0.2) is 69.4 Å². The Balaban J connectivity index is 3.43. The fourth-order valence-corrected chi connectivity index (χ4v) is 1.15. The molecule has 0 bridgehead atoms. The van der Waals surface area contributed by atoms with Gasteiger partial charge in [-0.2, -0.15) is 0 Å². The van der Waals surface area contributed by atoms with Crippen molar-refractivity contribution >= 4 is 6.16 Å². The van der Waals surface area contributed by atoms with Crippen molar-refractivity contribution in [2.24, 2.45) is 0 Å². The van der Waals surface area contributed by atoms with E-state index < -0.39 is 6.16 Å². The van der Waals surface area contributed by atoms with E-state index in [1.54, 1.807) is 0 Å². The average molecular weight is 232 g/mol. The summed E-state index contributed by atoms with van der Waals surface area (Å²) in [7, 11) is 3.85. The molecule has 0 aliphatic carbocycles. The van der Waals surface area contributed by atoms with Crippen molar-refractivity contribution in [1.82, 2.24) is 9.80 Å². The molecule has 5 heteroatoms. The third kappa shape index (κ3) is 8.49. The summed E-state index contributed by atoms with van der Waals surface area (Å²) >= 11 is 0. The van der Waals surface area contributed by atoms with Crippen LogP contribution in [-0.2, 0) is 9.47 Å². The molecule has 0 aliphatic heterocycles. The van der Waals surface area contributed by atoms with Gasteiger partial charge in [0.2, 0.25) is 0 Å². The van der Waals surface area contributed by atoms with E-state index in [1.807, 2.05) is 19.0 Å². The minimum absolute atomic E-state index is 0.372. The second-order valence-electron chi connectivity index (χ2n) is 3.78. The molecule has 0 heterocycles. The van der Waals surface area contributed by atoms with Crippen LogP contribution in [0.5, 0.6) is 0 Å². The van der Waals surface area contributed by atoms with Gasteiger partial charge in [-0.05, 0) is 27.2 Å². The van der Waals surface area contributed by atoms with Crippen LogP contribution < -0.4 is 0 Å². The SMILES string of the molecule is CCN(CC)CCOC(=O)OCCN(C)C. The maximum absolute atomic E-state index is 11.1. The molecule has 5 nitrogen and oxygen atoms in total. The Morgan fingerprint density at radius 2 is 1.50 bits per heavy atom. The standard InChI is InChI=1S/C11H24N2O3/c1-5-13(6-2)8-10-16-11(14)15-9-7-12(3)4/h5-10H2,1-4H3. The molecule has 0 spiro atoms.